The molecule has 2 aromatic carbocycles. The lowest BCUT2D eigenvalue weighted by Crippen LogP contribution is -2.26. The second-order valence-electron chi connectivity index (χ2n) is 6.70. The number of fused-ring (bicyclic) bond motifs is 1. The number of amides is 1. The van der Waals surface area contributed by atoms with Crippen molar-refractivity contribution in [1.29, 1.82) is 0 Å². The standard InChI is InChI=1S/C22H19N3O2S/c1-13-8-9-18-16(10-13)11-17(20(26)25-18)12-23-21(27)19-14(2)24-22(28-19)15-6-4-3-5-7-15/h3-11H,12H2,1-2H3,(H,23,27)(H,25,26). The third-order valence-corrected chi connectivity index (χ3v) is 5.74. The number of thiazole rings is 1. The van der Waals surface area contributed by atoms with Gasteiger partial charge in [0, 0.05) is 23.2 Å². The van der Waals surface area contributed by atoms with Crippen molar-refractivity contribution in [1.82, 2.24) is 15.3 Å². The molecule has 2 heterocycles. The van der Waals surface area contributed by atoms with Gasteiger partial charge in [-0.05, 0) is 37.4 Å². The molecule has 0 radical (unpaired) electrons. The van der Waals surface area contributed by atoms with Crippen LogP contribution in [0.3, 0.4) is 0 Å². The smallest absolute Gasteiger partial charge is 0.263 e. The van der Waals surface area contributed by atoms with Crippen LogP contribution < -0.4 is 10.9 Å². The number of carbonyl (C=O) groups excluding carboxylic acids is 1. The topological polar surface area (TPSA) is 74.8 Å². The molecular weight excluding hydrogens is 370 g/mol. The number of pyridine rings is 1. The van der Waals surface area contributed by atoms with Crippen LogP contribution in [0.2, 0.25) is 0 Å². The van der Waals surface area contributed by atoms with E-state index in [9.17, 15) is 9.59 Å². The van der Waals surface area contributed by atoms with Crippen molar-refractivity contribution in [3.8, 4) is 10.6 Å². The fourth-order valence-electron chi connectivity index (χ4n) is 3.07. The molecule has 5 nitrogen and oxygen atoms in total. The Balaban J connectivity index is 1.55. The van der Waals surface area contributed by atoms with Crippen molar-refractivity contribution in [3.63, 3.8) is 0 Å². The van der Waals surface area contributed by atoms with E-state index in [2.05, 4.69) is 15.3 Å². The maximum absolute atomic E-state index is 12.7. The third kappa shape index (κ3) is 3.59. The Kier molecular flexibility index (Phi) is 4.79. The Labute approximate surface area is 166 Å². The van der Waals surface area contributed by atoms with Gasteiger partial charge in [0.15, 0.2) is 0 Å². The number of hydrogen-bond acceptors (Lipinski definition) is 4. The second-order valence-corrected chi connectivity index (χ2v) is 7.70. The number of nitrogens with zero attached hydrogens (tertiary/aromatic N) is 1. The monoisotopic (exact) mass is 389 g/mol. The van der Waals surface area contributed by atoms with E-state index in [-0.39, 0.29) is 18.0 Å². The highest BCUT2D eigenvalue weighted by atomic mass is 32.1. The summed E-state index contributed by atoms with van der Waals surface area (Å²) < 4.78 is 0. The summed E-state index contributed by atoms with van der Waals surface area (Å²) in [5, 5.41) is 4.61. The van der Waals surface area contributed by atoms with Crippen molar-refractivity contribution in [2.75, 3.05) is 0 Å². The summed E-state index contributed by atoms with van der Waals surface area (Å²) in [6.45, 7) is 3.99. The lowest BCUT2D eigenvalue weighted by Gasteiger charge is -2.06. The first-order chi connectivity index (χ1) is 13.5. The number of carbonyl (C=O) groups is 1. The number of hydrogen-bond donors (Lipinski definition) is 2. The van der Waals surface area contributed by atoms with Gasteiger partial charge >= 0.3 is 0 Å². The van der Waals surface area contributed by atoms with E-state index in [0.29, 0.717) is 16.1 Å². The zero-order valence-corrected chi connectivity index (χ0v) is 16.4. The van der Waals surface area contributed by atoms with Gasteiger partial charge in [0.05, 0.1) is 5.69 Å². The minimum atomic E-state index is -0.221. The van der Waals surface area contributed by atoms with Gasteiger partial charge in [-0.2, -0.15) is 0 Å². The van der Waals surface area contributed by atoms with E-state index < -0.39 is 0 Å². The molecule has 6 heteroatoms. The van der Waals surface area contributed by atoms with Crippen molar-refractivity contribution >= 4 is 28.1 Å². The predicted octanol–water partition coefficient (Wildman–Crippen LogP) is 4.20. The fraction of sp³-hybridized carbons (Fsp3) is 0.136. The van der Waals surface area contributed by atoms with Gasteiger partial charge in [-0.1, -0.05) is 42.0 Å². The van der Waals surface area contributed by atoms with E-state index in [4.69, 9.17) is 0 Å². The highest BCUT2D eigenvalue weighted by Crippen LogP contribution is 2.27. The van der Waals surface area contributed by atoms with Gasteiger partial charge in [0.2, 0.25) is 0 Å². The Morgan fingerprint density at radius 2 is 1.89 bits per heavy atom. The van der Waals surface area contributed by atoms with Crippen LogP contribution in [0.1, 0.15) is 26.5 Å². The normalized spacial score (nSPS) is 10.9. The average molecular weight is 389 g/mol. The molecule has 0 aliphatic carbocycles. The van der Waals surface area contributed by atoms with Crippen LogP contribution in [0, 0.1) is 13.8 Å². The summed E-state index contributed by atoms with van der Waals surface area (Å²) in [6.07, 6.45) is 0. The average Bonchev–Trinajstić information content (AvgIpc) is 3.09. The summed E-state index contributed by atoms with van der Waals surface area (Å²) in [5.74, 6) is -0.221. The molecule has 0 aliphatic heterocycles. The van der Waals surface area contributed by atoms with Crippen molar-refractivity contribution in [2.24, 2.45) is 0 Å². The van der Waals surface area contributed by atoms with Gasteiger partial charge < -0.3 is 10.3 Å². The molecule has 28 heavy (non-hydrogen) atoms. The minimum Gasteiger partial charge on any atom is -0.347 e. The van der Waals surface area contributed by atoms with Gasteiger partial charge in [0.25, 0.3) is 11.5 Å². The van der Waals surface area contributed by atoms with Gasteiger partial charge in [-0.15, -0.1) is 11.3 Å². The summed E-state index contributed by atoms with van der Waals surface area (Å²) in [5.41, 5.74) is 3.90. The summed E-state index contributed by atoms with van der Waals surface area (Å²) >= 11 is 1.36. The lowest BCUT2D eigenvalue weighted by atomic mass is 10.1. The Morgan fingerprint density at radius 1 is 1.11 bits per heavy atom. The SMILES string of the molecule is Cc1ccc2[nH]c(=O)c(CNC(=O)c3sc(-c4ccccc4)nc3C)cc2c1. The molecule has 2 N–H and O–H groups in total. The first kappa shape index (κ1) is 18.1. The van der Waals surface area contributed by atoms with Crippen LogP contribution in [0.15, 0.2) is 59.4 Å². The molecule has 0 fully saturated rings. The molecule has 0 saturated carbocycles. The van der Waals surface area contributed by atoms with Gasteiger partial charge in [-0.25, -0.2) is 4.98 Å². The van der Waals surface area contributed by atoms with Gasteiger partial charge in [0.1, 0.15) is 9.88 Å². The third-order valence-electron chi connectivity index (χ3n) is 4.54. The number of H-pyrrole nitrogens is 1. The van der Waals surface area contributed by atoms with E-state index in [0.717, 1.165) is 27.0 Å². The number of aryl methyl sites for hydroxylation is 2. The van der Waals surface area contributed by atoms with Crippen LogP contribution >= 0.6 is 11.3 Å². The molecule has 4 rings (SSSR count). The summed E-state index contributed by atoms with van der Waals surface area (Å²) in [4.78, 5) is 32.9. The van der Waals surface area contributed by atoms with Gasteiger partial charge in [-0.3, -0.25) is 9.59 Å². The van der Waals surface area contributed by atoms with Crippen LogP contribution in [-0.4, -0.2) is 15.9 Å². The first-order valence-corrected chi connectivity index (χ1v) is 9.76. The molecule has 0 saturated heterocycles. The number of aromatic nitrogens is 2. The van der Waals surface area contributed by atoms with Crippen LogP contribution in [0.5, 0.6) is 0 Å². The number of nitrogens with one attached hydrogen (secondary N) is 2. The second kappa shape index (κ2) is 7.40. The Morgan fingerprint density at radius 3 is 2.68 bits per heavy atom. The molecule has 0 spiro atoms. The molecular formula is C22H19N3O2S. The molecule has 0 atom stereocenters. The number of rotatable bonds is 4. The van der Waals surface area contributed by atoms with Crippen molar-refractivity contribution < 1.29 is 4.79 Å². The van der Waals surface area contributed by atoms with Crippen LogP contribution in [0.25, 0.3) is 21.5 Å². The Bertz CT molecular complexity index is 1230. The minimum absolute atomic E-state index is 0.163. The summed E-state index contributed by atoms with van der Waals surface area (Å²) in [6, 6.07) is 17.5. The zero-order valence-electron chi connectivity index (χ0n) is 15.6. The predicted molar refractivity (Wildman–Crippen MR) is 113 cm³/mol. The number of benzene rings is 2. The molecule has 0 bridgehead atoms. The molecule has 140 valence electrons. The van der Waals surface area contributed by atoms with Crippen molar-refractivity contribution in [2.45, 2.75) is 20.4 Å². The first-order valence-electron chi connectivity index (χ1n) is 8.95. The summed E-state index contributed by atoms with van der Waals surface area (Å²) in [7, 11) is 0. The fourth-order valence-corrected chi connectivity index (χ4v) is 4.06. The maximum Gasteiger partial charge on any atom is 0.263 e. The highest BCUT2D eigenvalue weighted by molar-refractivity contribution is 7.17. The molecule has 0 unspecified atom stereocenters. The number of aromatic amines is 1. The van der Waals surface area contributed by atoms with Crippen molar-refractivity contribution in [3.05, 3.63) is 86.6 Å². The quantitative estimate of drug-likeness (QED) is 0.549. The van der Waals surface area contributed by atoms with E-state index in [1.165, 1.54) is 11.3 Å². The molecule has 0 aliphatic rings. The highest BCUT2D eigenvalue weighted by Gasteiger charge is 2.16. The van der Waals surface area contributed by atoms with E-state index in [1.807, 2.05) is 68.4 Å². The van der Waals surface area contributed by atoms with Crippen LogP contribution in [0.4, 0.5) is 0 Å². The Hall–Kier alpha value is -3.25. The largest absolute Gasteiger partial charge is 0.347 e. The lowest BCUT2D eigenvalue weighted by molar-refractivity contribution is 0.0954. The zero-order chi connectivity index (χ0) is 19.7. The molecule has 4 aromatic rings. The molecule has 1 amide bonds. The van der Waals surface area contributed by atoms with E-state index >= 15 is 0 Å². The maximum atomic E-state index is 12.7. The van der Waals surface area contributed by atoms with Crippen LogP contribution in [-0.2, 0) is 6.54 Å². The molecule has 2 aromatic heterocycles. The van der Waals surface area contributed by atoms with E-state index in [1.54, 1.807) is 0 Å².